The van der Waals surface area contributed by atoms with Crippen LogP contribution in [0, 0.1) is 5.82 Å². The molecule has 6 heteroatoms. The number of ether oxygens (including phenoxy) is 1. The largest absolute Gasteiger partial charge is 0.367 e. The standard InChI is InChI=1S/C11H14ClFN2O2/c1-15(2)14-11(16)7-17-6-8-5-9(12)3-4-10(8)13/h3-5H,6-7H2,1-2H3,(H,14,16). The molecule has 0 radical (unpaired) electrons. The van der Waals surface area contributed by atoms with Gasteiger partial charge in [0.2, 0.25) is 0 Å². The summed E-state index contributed by atoms with van der Waals surface area (Å²) in [5.74, 6) is -0.695. The fourth-order valence-electron chi connectivity index (χ4n) is 1.19. The number of rotatable bonds is 5. The Balaban J connectivity index is 2.40. The quantitative estimate of drug-likeness (QED) is 0.818. The van der Waals surface area contributed by atoms with Gasteiger partial charge in [-0.3, -0.25) is 10.2 Å². The number of nitrogens with zero attached hydrogens (tertiary/aromatic N) is 1. The highest BCUT2D eigenvalue weighted by Crippen LogP contribution is 2.15. The van der Waals surface area contributed by atoms with E-state index in [0.29, 0.717) is 10.6 Å². The lowest BCUT2D eigenvalue weighted by molar-refractivity contribution is -0.129. The predicted octanol–water partition coefficient (Wildman–Crippen LogP) is 1.59. The summed E-state index contributed by atoms with van der Waals surface area (Å²) in [4.78, 5) is 11.2. The van der Waals surface area contributed by atoms with E-state index in [9.17, 15) is 9.18 Å². The van der Waals surface area contributed by atoms with Crippen molar-refractivity contribution in [3.63, 3.8) is 0 Å². The van der Waals surface area contributed by atoms with Crippen LogP contribution >= 0.6 is 11.6 Å². The van der Waals surface area contributed by atoms with E-state index in [4.69, 9.17) is 16.3 Å². The minimum Gasteiger partial charge on any atom is -0.367 e. The molecule has 0 fully saturated rings. The van der Waals surface area contributed by atoms with Gasteiger partial charge in [0.15, 0.2) is 0 Å². The van der Waals surface area contributed by atoms with Gasteiger partial charge in [-0.1, -0.05) is 11.6 Å². The van der Waals surface area contributed by atoms with E-state index in [1.807, 2.05) is 0 Å². The second-order valence-corrected chi connectivity index (χ2v) is 4.09. The molecule has 0 bridgehead atoms. The number of carbonyl (C=O) groups excluding carboxylic acids is 1. The smallest absolute Gasteiger partial charge is 0.260 e. The van der Waals surface area contributed by atoms with Gasteiger partial charge in [0, 0.05) is 24.7 Å². The molecule has 0 aliphatic rings. The third-order valence-electron chi connectivity index (χ3n) is 1.85. The van der Waals surface area contributed by atoms with E-state index in [1.165, 1.54) is 23.2 Å². The highest BCUT2D eigenvalue weighted by Gasteiger charge is 2.06. The molecule has 1 aromatic carbocycles. The summed E-state index contributed by atoms with van der Waals surface area (Å²) in [5.41, 5.74) is 2.83. The molecule has 0 aliphatic carbocycles. The normalized spacial score (nSPS) is 10.6. The minimum atomic E-state index is -0.401. The number of hydrogen-bond donors (Lipinski definition) is 1. The zero-order valence-electron chi connectivity index (χ0n) is 9.67. The van der Waals surface area contributed by atoms with Crippen LogP contribution in [0.5, 0.6) is 0 Å². The average Bonchev–Trinajstić information content (AvgIpc) is 2.22. The van der Waals surface area contributed by atoms with Crippen LogP contribution in [0.15, 0.2) is 18.2 Å². The van der Waals surface area contributed by atoms with Crippen LogP contribution in [0.1, 0.15) is 5.56 Å². The van der Waals surface area contributed by atoms with E-state index >= 15 is 0 Å². The minimum absolute atomic E-state index is 0.00718. The Morgan fingerprint density at radius 1 is 1.53 bits per heavy atom. The van der Waals surface area contributed by atoms with Gasteiger partial charge in [0.25, 0.3) is 5.91 Å². The number of halogens is 2. The summed E-state index contributed by atoms with van der Waals surface area (Å²) in [7, 11) is 3.38. The molecule has 0 spiro atoms. The van der Waals surface area contributed by atoms with Crippen molar-refractivity contribution < 1.29 is 13.9 Å². The van der Waals surface area contributed by atoms with E-state index in [2.05, 4.69) is 5.43 Å². The van der Waals surface area contributed by atoms with Crippen LogP contribution in [0.4, 0.5) is 4.39 Å². The highest BCUT2D eigenvalue weighted by atomic mass is 35.5. The van der Waals surface area contributed by atoms with Crippen LogP contribution in [-0.4, -0.2) is 31.6 Å². The molecule has 0 saturated heterocycles. The molecular weight excluding hydrogens is 247 g/mol. The molecule has 0 atom stereocenters. The first kappa shape index (κ1) is 13.9. The molecule has 17 heavy (non-hydrogen) atoms. The van der Waals surface area contributed by atoms with Crippen molar-refractivity contribution in [1.82, 2.24) is 10.4 Å². The Bertz CT molecular complexity index is 399. The third kappa shape index (κ3) is 5.12. The molecule has 0 aliphatic heterocycles. The molecule has 1 amide bonds. The van der Waals surface area contributed by atoms with Crippen molar-refractivity contribution >= 4 is 17.5 Å². The first-order valence-electron chi connectivity index (χ1n) is 4.97. The average molecular weight is 261 g/mol. The molecule has 1 aromatic rings. The van der Waals surface area contributed by atoms with Crippen molar-refractivity contribution in [3.05, 3.63) is 34.6 Å². The molecule has 0 unspecified atom stereocenters. The Labute approximate surface area is 104 Å². The van der Waals surface area contributed by atoms with Gasteiger partial charge < -0.3 is 4.74 Å². The Morgan fingerprint density at radius 3 is 2.88 bits per heavy atom. The van der Waals surface area contributed by atoms with Crippen LogP contribution in [0.3, 0.4) is 0 Å². The van der Waals surface area contributed by atoms with Gasteiger partial charge >= 0.3 is 0 Å². The third-order valence-corrected chi connectivity index (χ3v) is 2.08. The Hall–Kier alpha value is -1.17. The number of hydrogen-bond acceptors (Lipinski definition) is 3. The monoisotopic (exact) mass is 260 g/mol. The lowest BCUT2D eigenvalue weighted by Gasteiger charge is -2.12. The first-order valence-corrected chi connectivity index (χ1v) is 5.35. The molecule has 1 rings (SSSR count). The molecule has 94 valence electrons. The summed E-state index contributed by atoms with van der Waals surface area (Å²) in [5, 5.41) is 1.94. The molecule has 0 aromatic heterocycles. The maximum Gasteiger partial charge on any atom is 0.260 e. The highest BCUT2D eigenvalue weighted by molar-refractivity contribution is 6.30. The van der Waals surface area contributed by atoms with E-state index in [0.717, 1.165) is 0 Å². The maximum atomic E-state index is 13.3. The summed E-state index contributed by atoms with van der Waals surface area (Å²) in [6.07, 6.45) is 0. The summed E-state index contributed by atoms with van der Waals surface area (Å²) in [6.45, 7) is -0.128. The Morgan fingerprint density at radius 2 is 2.24 bits per heavy atom. The maximum absolute atomic E-state index is 13.3. The molecular formula is C11H14ClFN2O2. The fraction of sp³-hybridized carbons (Fsp3) is 0.364. The van der Waals surface area contributed by atoms with Crippen LogP contribution in [-0.2, 0) is 16.1 Å². The lowest BCUT2D eigenvalue weighted by Crippen LogP contribution is -2.38. The number of nitrogens with one attached hydrogen (secondary N) is 1. The van der Waals surface area contributed by atoms with Crippen molar-refractivity contribution in [3.8, 4) is 0 Å². The molecule has 0 heterocycles. The van der Waals surface area contributed by atoms with E-state index in [-0.39, 0.29) is 19.1 Å². The molecule has 4 nitrogen and oxygen atoms in total. The summed E-state index contributed by atoms with van der Waals surface area (Å²) in [6, 6.07) is 4.20. The molecule has 0 saturated carbocycles. The van der Waals surface area contributed by atoms with Gasteiger partial charge in [-0.05, 0) is 18.2 Å². The number of amides is 1. The van der Waals surface area contributed by atoms with Crippen LogP contribution in [0.25, 0.3) is 0 Å². The van der Waals surface area contributed by atoms with Gasteiger partial charge in [-0.25, -0.2) is 9.40 Å². The van der Waals surface area contributed by atoms with Crippen molar-refractivity contribution in [2.75, 3.05) is 20.7 Å². The Kier molecular flexibility index (Phi) is 5.34. The SMILES string of the molecule is CN(C)NC(=O)COCc1cc(Cl)ccc1F. The summed E-state index contributed by atoms with van der Waals surface area (Å²) < 4.78 is 18.3. The van der Waals surface area contributed by atoms with Crippen LogP contribution < -0.4 is 5.43 Å². The van der Waals surface area contributed by atoms with Gasteiger partial charge in [0.05, 0.1) is 6.61 Å². The zero-order chi connectivity index (χ0) is 12.8. The zero-order valence-corrected chi connectivity index (χ0v) is 10.4. The number of carbonyl (C=O) groups is 1. The molecule has 1 N–H and O–H groups in total. The van der Waals surface area contributed by atoms with E-state index < -0.39 is 5.82 Å². The van der Waals surface area contributed by atoms with Crippen LogP contribution in [0.2, 0.25) is 5.02 Å². The van der Waals surface area contributed by atoms with Crippen molar-refractivity contribution in [2.24, 2.45) is 0 Å². The van der Waals surface area contributed by atoms with Gasteiger partial charge in [0.1, 0.15) is 12.4 Å². The van der Waals surface area contributed by atoms with Gasteiger partial charge in [-0.2, -0.15) is 0 Å². The van der Waals surface area contributed by atoms with Crippen molar-refractivity contribution in [1.29, 1.82) is 0 Å². The fourth-order valence-corrected chi connectivity index (χ4v) is 1.38. The number of benzene rings is 1. The first-order chi connectivity index (χ1) is 7.99. The number of hydrazine groups is 1. The second kappa shape index (κ2) is 6.54. The van der Waals surface area contributed by atoms with Crippen molar-refractivity contribution in [2.45, 2.75) is 6.61 Å². The summed E-state index contributed by atoms with van der Waals surface area (Å²) >= 11 is 5.72. The predicted molar refractivity (Wildman–Crippen MR) is 62.9 cm³/mol. The van der Waals surface area contributed by atoms with Gasteiger partial charge in [-0.15, -0.1) is 0 Å². The lowest BCUT2D eigenvalue weighted by atomic mass is 10.2. The topological polar surface area (TPSA) is 41.6 Å². The van der Waals surface area contributed by atoms with E-state index in [1.54, 1.807) is 14.1 Å². The second-order valence-electron chi connectivity index (χ2n) is 3.66.